The number of nitrogens with two attached hydrogens (primary N) is 1. The van der Waals surface area contributed by atoms with Crippen molar-refractivity contribution in [3.05, 3.63) is 29.3 Å². The van der Waals surface area contributed by atoms with Gasteiger partial charge in [0.25, 0.3) is 0 Å². The predicted molar refractivity (Wildman–Crippen MR) is 69.9 cm³/mol. The van der Waals surface area contributed by atoms with E-state index in [1.165, 1.54) is 0 Å². The Bertz CT molecular complexity index is 504. The Kier molecular flexibility index (Phi) is 3.40. The van der Waals surface area contributed by atoms with Gasteiger partial charge in [-0.05, 0) is 19.1 Å². The third-order valence-electron chi connectivity index (χ3n) is 2.82. The minimum Gasteiger partial charge on any atom is -0.335 e. The summed E-state index contributed by atoms with van der Waals surface area (Å²) in [4.78, 5) is 17.7. The van der Waals surface area contributed by atoms with Gasteiger partial charge in [-0.1, -0.05) is 12.1 Å². The quantitative estimate of drug-likeness (QED) is 0.902. The molecule has 1 heterocycles. The Morgan fingerprint density at radius 3 is 2.88 bits per heavy atom. The standard InChI is InChI=1S/C12H15N3OS/c1-8(15(2)11(16)7-13)12-14-9-5-3-4-6-10(9)17-12/h3-6,8H,7,13H2,1-2H3. The second-order valence-electron chi connectivity index (χ2n) is 3.90. The summed E-state index contributed by atoms with van der Waals surface area (Å²) in [6, 6.07) is 7.93. The molecule has 5 heteroatoms. The van der Waals surface area contributed by atoms with Crippen LogP contribution in [0, 0.1) is 0 Å². The molecule has 4 nitrogen and oxygen atoms in total. The van der Waals surface area contributed by atoms with E-state index in [0.29, 0.717) is 0 Å². The first-order chi connectivity index (χ1) is 8.13. The fourth-order valence-electron chi connectivity index (χ4n) is 1.59. The summed E-state index contributed by atoms with van der Waals surface area (Å²) in [5.74, 6) is -0.0724. The van der Waals surface area contributed by atoms with Crippen molar-refractivity contribution in [1.82, 2.24) is 9.88 Å². The zero-order chi connectivity index (χ0) is 12.4. The van der Waals surface area contributed by atoms with E-state index < -0.39 is 0 Å². The molecule has 0 saturated heterocycles. The van der Waals surface area contributed by atoms with Gasteiger partial charge in [-0.2, -0.15) is 0 Å². The summed E-state index contributed by atoms with van der Waals surface area (Å²) >= 11 is 1.62. The van der Waals surface area contributed by atoms with Crippen molar-refractivity contribution in [2.45, 2.75) is 13.0 Å². The van der Waals surface area contributed by atoms with Crippen molar-refractivity contribution in [2.24, 2.45) is 5.73 Å². The van der Waals surface area contributed by atoms with Crippen LogP contribution in [0.15, 0.2) is 24.3 Å². The normalized spacial score (nSPS) is 12.6. The molecule has 2 rings (SSSR count). The molecule has 2 aromatic rings. The summed E-state index contributed by atoms with van der Waals surface area (Å²) in [6.07, 6.45) is 0. The van der Waals surface area contributed by atoms with Crippen LogP contribution >= 0.6 is 11.3 Å². The first-order valence-corrected chi connectivity index (χ1v) is 6.26. The molecule has 0 aliphatic carbocycles. The highest BCUT2D eigenvalue weighted by Crippen LogP contribution is 2.28. The van der Waals surface area contributed by atoms with E-state index in [-0.39, 0.29) is 18.5 Å². The van der Waals surface area contributed by atoms with Crippen molar-refractivity contribution >= 4 is 27.5 Å². The monoisotopic (exact) mass is 249 g/mol. The molecule has 0 saturated carbocycles. The van der Waals surface area contributed by atoms with Gasteiger partial charge < -0.3 is 10.6 Å². The maximum absolute atomic E-state index is 11.5. The highest BCUT2D eigenvalue weighted by Gasteiger charge is 2.19. The third kappa shape index (κ3) is 2.30. The zero-order valence-electron chi connectivity index (χ0n) is 9.88. The number of benzene rings is 1. The lowest BCUT2D eigenvalue weighted by molar-refractivity contribution is -0.130. The van der Waals surface area contributed by atoms with Crippen molar-refractivity contribution < 1.29 is 4.79 Å². The smallest absolute Gasteiger partial charge is 0.236 e. The second-order valence-corrected chi connectivity index (χ2v) is 4.97. The van der Waals surface area contributed by atoms with Crippen molar-refractivity contribution in [2.75, 3.05) is 13.6 Å². The first-order valence-electron chi connectivity index (χ1n) is 5.44. The number of rotatable bonds is 3. The molecule has 1 atom stereocenters. The maximum atomic E-state index is 11.5. The molecule has 0 aliphatic heterocycles. The topological polar surface area (TPSA) is 59.2 Å². The second kappa shape index (κ2) is 4.81. The number of likely N-dealkylation sites (N-methyl/N-ethyl adjacent to an activating group) is 1. The van der Waals surface area contributed by atoms with Crippen LogP contribution in [0.1, 0.15) is 18.0 Å². The van der Waals surface area contributed by atoms with E-state index >= 15 is 0 Å². The number of amides is 1. The van der Waals surface area contributed by atoms with Crippen molar-refractivity contribution in [3.63, 3.8) is 0 Å². The molecule has 1 aromatic carbocycles. The molecule has 0 fully saturated rings. The van der Waals surface area contributed by atoms with Gasteiger partial charge in [-0.15, -0.1) is 11.3 Å². The molecule has 0 radical (unpaired) electrons. The first kappa shape index (κ1) is 12.0. The Labute approximate surface area is 104 Å². The molecule has 2 N–H and O–H groups in total. The number of thiazole rings is 1. The molecule has 0 aliphatic rings. The van der Waals surface area contributed by atoms with Gasteiger partial charge in [0.15, 0.2) is 0 Å². The molecular weight excluding hydrogens is 234 g/mol. The van der Waals surface area contributed by atoms with Gasteiger partial charge in [0.2, 0.25) is 5.91 Å². The average molecular weight is 249 g/mol. The van der Waals surface area contributed by atoms with Gasteiger partial charge in [0.05, 0.1) is 22.8 Å². The van der Waals surface area contributed by atoms with E-state index in [4.69, 9.17) is 5.73 Å². The highest BCUT2D eigenvalue weighted by molar-refractivity contribution is 7.18. The van der Waals surface area contributed by atoms with Crippen LogP contribution in [0.25, 0.3) is 10.2 Å². The van der Waals surface area contributed by atoms with E-state index in [9.17, 15) is 4.79 Å². The van der Waals surface area contributed by atoms with E-state index in [2.05, 4.69) is 4.98 Å². The van der Waals surface area contributed by atoms with Crippen LogP contribution in [-0.2, 0) is 4.79 Å². The highest BCUT2D eigenvalue weighted by atomic mass is 32.1. The van der Waals surface area contributed by atoms with Gasteiger partial charge in [-0.3, -0.25) is 4.79 Å². The molecule has 0 bridgehead atoms. The Hall–Kier alpha value is -1.46. The number of hydrogen-bond acceptors (Lipinski definition) is 4. The molecule has 17 heavy (non-hydrogen) atoms. The molecule has 1 unspecified atom stereocenters. The SMILES string of the molecule is CC(c1nc2ccccc2s1)N(C)C(=O)CN. The van der Waals surface area contributed by atoms with Crippen molar-refractivity contribution in [1.29, 1.82) is 0 Å². The number of nitrogens with zero attached hydrogens (tertiary/aromatic N) is 2. The van der Waals surface area contributed by atoms with E-state index in [0.717, 1.165) is 15.2 Å². The molecule has 90 valence electrons. The van der Waals surface area contributed by atoms with Crippen LogP contribution in [0.4, 0.5) is 0 Å². The Balaban J connectivity index is 2.30. The summed E-state index contributed by atoms with van der Waals surface area (Å²) in [5.41, 5.74) is 6.34. The Morgan fingerprint density at radius 1 is 1.53 bits per heavy atom. The molecule has 0 spiro atoms. The number of carbonyl (C=O) groups excluding carboxylic acids is 1. The maximum Gasteiger partial charge on any atom is 0.236 e. The Morgan fingerprint density at radius 2 is 2.24 bits per heavy atom. The van der Waals surface area contributed by atoms with E-state index in [1.807, 2.05) is 31.2 Å². The largest absolute Gasteiger partial charge is 0.335 e. The van der Waals surface area contributed by atoms with Crippen LogP contribution in [0.5, 0.6) is 0 Å². The summed E-state index contributed by atoms with van der Waals surface area (Å²) in [5, 5.41) is 0.940. The number of para-hydroxylation sites is 1. The molecule has 1 amide bonds. The lowest BCUT2D eigenvalue weighted by atomic mass is 10.3. The number of fused-ring (bicyclic) bond motifs is 1. The lowest BCUT2D eigenvalue weighted by Crippen LogP contribution is -2.34. The van der Waals surface area contributed by atoms with Crippen LogP contribution < -0.4 is 5.73 Å². The summed E-state index contributed by atoms with van der Waals surface area (Å²) in [6.45, 7) is 2.00. The fourth-order valence-corrected chi connectivity index (χ4v) is 2.66. The minimum absolute atomic E-state index is 0.0335. The fraction of sp³-hybridized carbons (Fsp3) is 0.333. The van der Waals surface area contributed by atoms with Gasteiger partial charge in [0.1, 0.15) is 5.01 Å². The zero-order valence-corrected chi connectivity index (χ0v) is 10.7. The summed E-state index contributed by atoms with van der Waals surface area (Å²) < 4.78 is 1.14. The van der Waals surface area contributed by atoms with Crippen LogP contribution in [0.2, 0.25) is 0 Å². The van der Waals surface area contributed by atoms with Gasteiger partial charge >= 0.3 is 0 Å². The summed E-state index contributed by atoms with van der Waals surface area (Å²) in [7, 11) is 1.76. The van der Waals surface area contributed by atoms with Gasteiger partial charge in [-0.25, -0.2) is 4.98 Å². The number of carbonyl (C=O) groups is 1. The number of aromatic nitrogens is 1. The van der Waals surface area contributed by atoms with Gasteiger partial charge in [0, 0.05) is 7.05 Å². The van der Waals surface area contributed by atoms with E-state index in [1.54, 1.807) is 23.3 Å². The third-order valence-corrected chi connectivity index (χ3v) is 4.02. The molecule has 1 aromatic heterocycles. The number of hydrogen-bond donors (Lipinski definition) is 1. The lowest BCUT2D eigenvalue weighted by Gasteiger charge is -2.22. The van der Waals surface area contributed by atoms with Crippen molar-refractivity contribution in [3.8, 4) is 0 Å². The average Bonchev–Trinajstić information content (AvgIpc) is 2.79. The predicted octanol–water partition coefficient (Wildman–Crippen LogP) is 1.77. The van der Waals surface area contributed by atoms with Crippen LogP contribution in [0.3, 0.4) is 0 Å². The minimum atomic E-state index is -0.0724. The molecular formula is C12H15N3OS. The van der Waals surface area contributed by atoms with Crippen LogP contribution in [-0.4, -0.2) is 29.4 Å².